The number of halogens is 2. The molecule has 0 heterocycles. The molecule has 2 N–H and O–H groups in total. The molecule has 4 rings (SSSR count). The molecular weight excluding hydrogens is 672 g/mol. The predicted molar refractivity (Wildman–Crippen MR) is 182 cm³/mol. The zero-order valence-electron chi connectivity index (χ0n) is 27.8. The summed E-state index contributed by atoms with van der Waals surface area (Å²) in [6, 6.07) is 20.9. The number of para-hydroxylation sites is 2. The number of nitro groups is 2. The molecule has 51 heavy (non-hydrogen) atoms. The van der Waals surface area contributed by atoms with Gasteiger partial charge in [0.1, 0.15) is 23.3 Å². The van der Waals surface area contributed by atoms with Crippen LogP contribution in [0, 0.1) is 31.9 Å². The lowest BCUT2D eigenvalue weighted by Crippen LogP contribution is -2.51. The van der Waals surface area contributed by atoms with Crippen LogP contribution in [0.4, 0.5) is 36.3 Å². The number of carbonyl (C=O) groups is 4. The first-order chi connectivity index (χ1) is 24.0. The molecule has 0 saturated carbocycles. The first-order valence-corrected chi connectivity index (χ1v) is 15.2. The van der Waals surface area contributed by atoms with Crippen LogP contribution in [0.25, 0.3) is 0 Å². The van der Waals surface area contributed by atoms with Crippen molar-refractivity contribution in [2.45, 2.75) is 45.8 Å². The van der Waals surface area contributed by atoms with Gasteiger partial charge in [0.2, 0.25) is 0 Å². The highest BCUT2D eigenvalue weighted by molar-refractivity contribution is 6.23. The second-order valence-electron chi connectivity index (χ2n) is 11.5. The van der Waals surface area contributed by atoms with E-state index in [9.17, 15) is 48.2 Å². The Morgan fingerprint density at radius 2 is 1.25 bits per heavy atom. The third-order valence-corrected chi connectivity index (χ3v) is 6.68. The number of anilines is 2. The van der Waals surface area contributed by atoms with Gasteiger partial charge in [-0.25, -0.2) is 18.5 Å². The van der Waals surface area contributed by atoms with E-state index in [2.05, 4.69) is 10.6 Å². The van der Waals surface area contributed by atoms with E-state index in [1.54, 1.807) is 76.2 Å². The topological polar surface area (TPSA) is 191 Å². The van der Waals surface area contributed by atoms with E-state index in [-0.39, 0.29) is 12.1 Å². The fourth-order valence-corrected chi connectivity index (χ4v) is 4.46. The van der Waals surface area contributed by atoms with Crippen molar-refractivity contribution in [2.75, 3.05) is 10.2 Å². The van der Waals surface area contributed by atoms with Crippen molar-refractivity contribution in [3.63, 3.8) is 0 Å². The highest BCUT2D eigenvalue weighted by atomic mass is 19.1. The molecule has 0 aliphatic rings. The molecule has 4 aromatic carbocycles. The van der Waals surface area contributed by atoms with E-state index < -0.39 is 79.4 Å². The van der Waals surface area contributed by atoms with Crippen LogP contribution >= 0.6 is 0 Å². The van der Waals surface area contributed by atoms with Crippen LogP contribution in [0.1, 0.15) is 54.8 Å². The van der Waals surface area contributed by atoms with E-state index in [1.807, 2.05) is 0 Å². The van der Waals surface area contributed by atoms with Crippen LogP contribution in [0.5, 0.6) is 0 Å². The molecule has 0 unspecified atom stereocenters. The number of rotatable bonds is 9. The maximum absolute atomic E-state index is 14.5. The summed E-state index contributed by atoms with van der Waals surface area (Å²) in [6.45, 7) is 6.53. The molecule has 0 spiro atoms. The standard InChI is InChI=1S/C22H24FN3O6.C13H9FN2O3/c1-5-16(24-21(29)32-22(2,3)4)19(27)25(14-10-7-6-8-11-14)20(28)18-15(23)12-9-13-17(18)26(30)31;14-10-7-4-8-11(16(18)19)12(10)13(17)15-9-5-2-1-3-6-9/h6-13,16H,5H2,1-4H3,(H,24,29);1-8H,(H,15,17)/t16-;/m0./s1. The Morgan fingerprint density at radius 3 is 1.75 bits per heavy atom. The summed E-state index contributed by atoms with van der Waals surface area (Å²) < 4.78 is 33.3. The molecule has 4 amide bonds. The first-order valence-electron chi connectivity index (χ1n) is 15.2. The largest absolute Gasteiger partial charge is 0.444 e. The SMILES string of the molecule is CC[C@H](NC(=O)OC(C)(C)C)C(=O)N(C(=O)c1c(F)cccc1[N+](=O)[O-])c1ccccc1.O=C(Nc1ccccc1)c1c(F)cccc1[N+](=O)[O-]. The Kier molecular flexibility index (Phi) is 13.1. The molecular formula is C35H33F2N5O9. The molecule has 0 fully saturated rings. The van der Waals surface area contributed by atoms with Gasteiger partial charge >= 0.3 is 6.09 Å². The summed E-state index contributed by atoms with van der Waals surface area (Å²) in [4.78, 5) is 71.8. The van der Waals surface area contributed by atoms with Crippen molar-refractivity contribution in [3.05, 3.63) is 140 Å². The smallest absolute Gasteiger partial charge is 0.408 e. The Balaban J connectivity index is 0.000000313. The number of nitro benzene ring substituents is 2. The van der Waals surface area contributed by atoms with E-state index in [0.29, 0.717) is 10.6 Å². The van der Waals surface area contributed by atoms with Crippen LogP contribution < -0.4 is 15.5 Å². The zero-order valence-corrected chi connectivity index (χ0v) is 27.8. The van der Waals surface area contributed by atoms with Crippen LogP contribution in [-0.4, -0.2) is 45.3 Å². The van der Waals surface area contributed by atoms with Gasteiger partial charge in [0, 0.05) is 17.8 Å². The number of alkyl carbamates (subject to hydrolysis) is 1. The highest BCUT2D eigenvalue weighted by Crippen LogP contribution is 2.27. The van der Waals surface area contributed by atoms with Crippen LogP contribution in [-0.2, 0) is 9.53 Å². The van der Waals surface area contributed by atoms with Gasteiger partial charge in [-0.1, -0.05) is 55.5 Å². The maximum Gasteiger partial charge on any atom is 0.408 e. The van der Waals surface area contributed by atoms with Gasteiger partial charge in [-0.2, -0.15) is 0 Å². The lowest BCUT2D eigenvalue weighted by Gasteiger charge is -2.27. The van der Waals surface area contributed by atoms with E-state index in [4.69, 9.17) is 4.74 Å². The Bertz CT molecular complexity index is 1920. The fourth-order valence-electron chi connectivity index (χ4n) is 4.46. The average molecular weight is 706 g/mol. The van der Waals surface area contributed by atoms with Gasteiger partial charge in [0.25, 0.3) is 29.1 Å². The summed E-state index contributed by atoms with van der Waals surface area (Å²) in [6.07, 6.45) is -0.802. The number of imide groups is 1. The molecule has 0 aliphatic carbocycles. The molecule has 0 aliphatic heterocycles. The summed E-state index contributed by atoms with van der Waals surface area (Å²) >= 11 is 0. The third kappa shape index (κ3) is 10.5. The second-order valence-corrected chi connectivity index (χ2v) is 11.5. The molecule has 1 atom stereocenters. The third-order valence-electron chi connectivity index (χ3n) is 6.68. The number of ether oxygens (including phenoxy) is 1. The number of hydrogen-bond acceptors (Lipinski definition) is 9. The molecule has 16 heteroatoms. The lowest BCUT2D eigenvalue weighted by atomic mass is 10.1. The maximum atomic E-state index is 14.5. The summed E-state index contributed by atoms with van der Waals surface area (Å²) in [5.41, 5.74) is -3.10. The van der Waals surface area contributed by atoms with Crippen molar-refractivity contribution in [1.29, 1.82) is 0 Å². The molecule has 0 bridgehead atoms. The first kappa shape index (κ1) is 38.9. The zero-order chi connectivity index (χ0) is 37.9. The predicted octanol–water partition coefficient (Wildman–Crippen LogP) is 7.20. The number of carbonyl (C=O) groups excluding carboxylic acids is 4. The van der Waals surface area contributed by atoms with Crippen molar-refractivity contribution >= 4 is 46.6 Å². The second kappa shape index (κ2) is 17.2. The van der Waals surface area contributed by atoms with E-state index in [0.717, 1.165) is 30.3 Å². The van der Waals surface area contributed by atoms with Gasteiger partial charge < -0.3 is 15.4 Å². The number of nitrogens with zero attached hydrogens (tertiary/aromatic N) is 3. The van der Waals surface area contributed by atoms with Crippen molar-refractivity contribution in [3.8, 4) is 0 Å². The van der Waals surface area contributed by atoms with Gasteiger partial charge in [0.05, 0.1) is 15.5 Å². The normalized spacial score (nSPS) is 11.2. The van der Waals surface area contributed by atoms with Gasteiger partial charge in [0.15, 0.2) is 11.1 Å². The van der Waals surface area contributed by atoms with Crippen LogP contribution in [0.2, 0.25) is 0 Å². The minimum absolute atomic E-state index is 0.0597. The molecule has 0 saturated heterocycles. The monoisotopic (exact) mass is 705 g/mol. The fraction of sp³-hybridized carbons (Fsp3) is 0.200. The van der Waals surface area contributed by atoms with Crippen molar-refractivity contribution < 1.29 is 42.5 Å². The molecule has 4 aromatic rings. The number of hydrogen-bond donors (Lipinski definition) is 2. The Hall–Kier alpha value is -6.58. The van der Waals surface area contributed by atoms with Gasteiger partial charge in [-0.3, -0.25) is 34.6 Å². The quantitative estimate of drug-likeness (QED) is 0.134. The summed E-state index contributed by atoms with van der Waals surface area (Å²) in [5, 5.41) is 27.0. The molecule has 0 aromatic heterocycles. The molecule has 0 radical (unpaired) electrons. The van der Waals surface area contributed by atoms with E-state index in [1.165, 1.54) is 18.2 Å². The number of nitrogens with one attached hydrogen (secondary N) is 2. The van der Waals surface area contributed by atoms with Crippen molar-refractivity contribution in [1.82, 2.24) is 5.32 Å². The van der Waals surface area contributed by atoms with Crippen LogP contribution in [0.15, 0.2) is 97.1 Å². The Labute approximate surface area is 290 Å². The van der Waals surface area contributed by atoms with E-state index >= 15 is 0 Å². The van der Waals surface area contributed by atoms with Crippen molar-refractivity contribution in [2.24, 2.45) is 0 Å². The van der Waals surface area contributed by atoms with Gasteiger partial charge in [-0.05, 0) is 63.6 Å². The summed E-state index contributed by atoms with van der Waals surface area (Å²) in [7, 11) is 0. The minimum atomic E-state index is -1.23. The molecule has 266 valence electrons. The lowest BCUT2D eigenvalue weighted by molar-refractivity contribution is -0.385. The molecule has 14 nitrogen and oxygen atoms in total. The number of benzene rings is 4. The summed E-state index contributed by atoms with van der Waals surface area (Å²) in [5.74, 6) is -5.05. The van der Waals surface area contributed by atoms with Gasteiger partial charge in [-0.15, -0.1) is 0 Å². The van der Waals surface area contributed by atoms with Crippen LogP contribution in [0.3, 0.4) is 0 Å². The minimum Gasteiger partial charge on any atom is -0.444 e. The average Bonchev–Trinajstić information content (AvgIpc) is 3.07. The highest BCUT2D eigenvalue weighted by Gasteiger charge is 2.36. The number of amides is 4. The Morgan fingerprint density at radius 1 is 0.765 bits per heavy atom.